The first kappa shape index (κ1) is 21.2. The second kappa shape index (κ2) is 8.86. The Morgan fingerprint density at radius 3 is 2.31 bits per heavy atom. The maximum atomic E-state index is 12.5. The fourth-order valence-electron chi connectivity index (χ4n) is 3.59. The molecule has 1 aliphatic rings. The Kier molecular flexibility index (Phi) is 6.47. The highest BCUT2D eigenvalue weighted by Crippen LogP contribution is 2.23. The van der Waals surface area contributed by atoms with Crippen LogP contribution >= 0.6 is 0 Å². The zero-order valence-corrected chi connectivity index (χ0v) is 18.1. The molecule has 0 bridgehead atoms. The lowest BCUT2D eigenvalue weighted by molar-refractivity contribution is 0.0951. The lowest BCUT2D eigenvalue weighted by atomic mass is 10.1. The van der Waals surface area contributed by atoms with Crippen molar-refractivity contribution >= 4 is 27.3 Å². The summed E-state index contributed by atoms with van der Waals surface area (Å²) in [7, 11) is -1.84. The SMILES string of the molecule is Cc1cc(C(=O)NCc2ccc(N3CCCCC3)cc2)ccc1N(C)S(C)(=O)=O. The van der Waals surface area contributed by atoms with Gasteiger partial charge in [0.2, 0.25) is 10.0 Å². The van der Waals surface area contributed by atoms with E-state index in [2.05, 4.69) is 34.5 Å². The van der Waals surface area contributed by atoms with E-state index in [4.69, 9.17) is 0 Å². The van der Waals surface area contributed by atoms with Gasteiger partial charge in [-0.2, -0.15) is 0 Å². The van der Waals surface area contributed by atoms with E-state index in [9.17, 15) is 13.2 Å². The minimum Gasteiger partial charge on any atom is -0.372 e. The predicted molar refractivity (Wildman–Crippen MR) is 118 cm³/mol. The van der Waals surface area contributed by atoms with Gasteiger partial charge in [0.05, 0.1) is 11.9 Å². The molecule has 1 aliphatic heterocycles. The van der Waals surface area contributed by atoms with Crippen LogP contribution in [0.4, 0.5) is 11.4 Å². The number of nitrogens with zero attached hydrogens (tertiary/aromatic N) is 2. The lowest BCUT2D eigenvalue weighted by Crippen LogP contribution is -2.29. The number of amides is 1. The van der Waals surface area contributed by atoms with E-state index in [1.54, 1.807) is 25.1 Å². The van der Waals surface area contributed by atoms with Gasteiger partial charge in [-0.05, 0) is 67.6 Å². The molecule has 0 radical (unpaired) electrons. The molecule has 0 atom stereocenters. The smallest absolute Gasteiger partial charge is 0.251 e. The molecule has 3 rings (SSSR count). The van der Waals surface area contributed by atoms with E-state index >= 15 is 0 Å². The van der Waals surface area contributed by atoms with Crippen molar-refractivity contribution in [3.05, 3.63) is 59.2 Å². The monoisotopic (exact) mass is 415 g/mol. The average Bonchev–Trinajstić information content (AvgIpc) is 2.72. The summed E-state index contributed by atoms with van der Waals surface area (Å²) in [5.41, 5.74) is 4.09. The van der Waals surface area contributed by atoms with Gasteiger partial charge in [0.15, 0.2) is 0 Å². The maximum Gasteiger partial charge on any atom is 0.251 e. The van der Waals surface area contributed by atoms with Gasteiger partial charge in [0.25, 0.3) is 5.91 Å². The third-order valence-electron chi connectivity index (χ3n) is 5.41. The fraction of sp³-hybridized carbons (Fsp3) is 0.409. The van der Waals surface area contributed by atoms with Crippen LogP contribution in [0.15, 0.2) is 42.5 Å². The van der Waals surface area contributed by atoms with Crippen molar-refractivity contribution in [3.8, 4) is 0 Å². The van der Waals surface area contributed by atoms with Crippen molar-refractivity contribution in [2.45, 2.75) is 32.7 Å². The molecule has 0 saturated carbocycles. The third kappa shape index (κ3) is 5.29. The highest BCUT2D eigenvalue weighted by atomic mass is 32.2. The number of carbonyl (C=O) groups is 1. The van der Waals surface area contributed by atoms with Crippen LogP contribution in [0.25, 0.3) is 0 Å². The summed E-state index contributed by atoms with van der Waals surface area (Å²) in [5.74, 6) is -0.179. The second-order valence-corrected chi connectivity index (χ2v) is 9.64. The topological polar surface area (TPSA) is 69.7 Å². The zero-order valence-electron chi connectivity index (χ0n) is 17.3. The molecule has 0 aliphatic carbocycles. The molecule has 1 N–H and O–H groups in total. The van der Waals surface area contributed by atoms with Crippen molar-refractivity contribution in [1.29, 1.82) is 0 Å². The van der Waals surface area contributed by atoms with Gasteiger partial charge in [-0.3, -0.25) is 9.10 Å². The number of aryl methyl sites for hydroxylation is 1. The number of sulfonamides is 1. The molecule has 0 aromatic heterocycles. The van der Waals surface area contributed by atoms with Crippen LogP contribution in [0.3, 0.4) is 0 Å². The van der Waals surface area contributed by atoms with Crippen LogP contribution in [0.1, 0.15) is 40.7 Å². The van der Waals surface area contributed by atoms with Crippen molar-refractivity contribution in [3.63, 3.8) is 0 Å². The van der Waals surface area contributed by atoms with Gasteiger partial charge in [0.1, 0.15) is 0 Å². The molecule has 29 heavy (non-hydrogen) atoms. The summed E-state index contributed by atoms with van der Waals surface area (Å²) < 4.78 is 24.7. The summed E-state index contributed by atoms with van der Waals surface area (Å²) in [6.45, 7) is 4.47. The summed E-state index contributed by atoms with van der Waals surface area (Å²) >= 11 is 0. The van der Waals surface area contributed by atoms with Gasteiger partial charge in [-0.15, -0.1) is 0 Å². The Morgan fingerprint density at radius 2 is 1.72 bits per heavy atom. The highest BCUT2D eigenvalue weighted by Gasteiger charge is 2.16. The first-order valence-electron chi connectivity index (χ1n) is 9.92. The van der Waals surface area contributed by atoms with Crippen molar-refractivity contribution < 1.29 is 13.2 Å². The van der Waals surface area contributed by atoms with Crippen LogP contribution in [0, 0.1) is 6.92 Å². The number of hydrogen-bond acceptors (Lipinski definition) is 4. The van der Waals surface area contributed by atoms with E-state index in [1.165, 1.54) is 36.3 Å². The number of hydrogen-bond donors (Lipinski definition) is 1. The molecule has 7 heteroatoms. The number of rotatable bonds is 6. The van der Waals surface area contributed by atoms with E-state index in [0.29, 0.717) is 17.8 Å². The number of carbonyl (C=O) groups excluding carboxylic acids is 1. The van der Waals surface area contributed by atoms with Crippen LogP contribution in [0.5, 0.6) is 0 Å². The van der Waals surface area contributed by atoms with E-state index in [1.807, 2.05) is 0 Å². The largest absolute Gasteiger partial charge is 0.372 e. The summed E-state index contributed by atoms with van der Waals surface area (Å²) in [4.78, 5) is 14.9. The Hall–Kier alpha value is -2.54. The normalized spacial score (nSPS) is 14.5. The van der Waals surface area contributed by atoms with E-state index in [0.717, 1.165) is 30.5 Å². The molecule has 156 valence electrons. The molecule has 1 amide bonds. The molecule has 1 heterocycles. The van der Waals surface area contributed by atoms with Crippen LogP contribution < -0.4 is 14.5 Å². The predicted octanol–water partition coefficient (Wildman–Crippen LogP) is 3.31. The molecule has 2 aromatic rings. The van der Waals surface area contributed by atoms with Crippen molar-refractivity contribution in [2.75, 3.05) is 35.6 Å². The molecule has 1 fully saturated rings. The Bertz CT molecular complexity index is 965. The summed E-state index contributed by atoms with van der Waals surface area (Å²) in [5, 5.41) is 2.94. The van der Waals surface area contributed by atoms with Crippen molar-refractivity contribution in [2.24, 2.45) is 0 Å². The first-order chi connectivity index (χ1) is 13.8. The van der Waals surface area contributed by atoms with Gasteiger partial charge >= 0.3 is 0 Å². The minimum absolute atomic E-state index is 0.179. The molecular weight excluding hydrogens is 386 g/mol. The molecule has 0 spiro atoms. The minimum atomic E-state index is -3.34. The van der Waals surface area contributed by atoms with Gasteiger partial charge in [0, 0.05) is 37.9 Å². The van der Waals surface area contributed by atoms with E-state index in [-0.39, 0.29) is 5.91 Å². The number of nitrogens with one attached hydrogen (secondary N) is 1. The zero-order chi connectivity index (χ0) is 21.0. The summed E-state index contributed by atoms with van der Waals surface area (Å²) in [6.07, 6.45) is 4.96. The first-order valence-corrected chi connectivity index (χ1v) is 11.8. The molecule has 0 unspecified atom stereocenters. The number of piperidine rings is 1. The number of benzene rings is 2. The van der Waals surface area contributed by atoms with Crippen molar-refractivity contribution in [1.82, 2.24) is 5.32 Å². The Balaban J connectivity index is 1.61. The van der Waals surface area contributed by atoms with Gasteiger partial charge in [-0.25, -0.2) is 8.42 Å². The Labute approximate surface area is 173 Å². The number of anilines is 2. The second-order valence-electron chi connectivity index (χ2n) is 7.63. The van der Waals surface area contributed by atoms with Gasteiger partial charge < -0.3 is 10.2 Å². The van der Waals surface area contributed by atoms with Crippen LogP contribution in [0.2, 0.25) is 0 Å². The average molecular weight is 416 g/mol. The van der Waals surface area contributed by atoms with E-state index < -0.39 is 10.0 Å². The Morgan fingerprint density at radius 1 is 1.07 bits per heavy atom. The lowest BCUT2D eigenvalue weighted by Gasteiger charge is -2.28. The molecule has 2 aromatic carbocycles. The highest BCUT2D eigenvalue weighted by molar-refractivity contribution is 7.92. The molecule has 6 nitrogen and oxygen atoms in total. The van der Waals surface area contributed by atoms with Gasteiger partial charge in [-0.1, -0.05) is 12.1 Å². The standard InChI is InChI=1S/C22H29N3O3S/c1-17-15-19(9-12-21(17)24(2)29(3,27)28)22(26)23-16-18-7-10-20(11-8-18)25-13-5-4-6-14-25/h7-12,15H,4-6,13-14,16H2,1-3H3,(H,23,26). The fourth-order valence-corrected chi connectivity index (χ4v) is 4.15. The maximum absolute atomic E-state index is 12.5. The quantitative estimate of drug-likeness (QED) is 0.786. The van der Waals surface area contributed by atoms with Crippen LogP contribution in [-0.4, -0.2) is 40.7 Å². The third-order valence-corrected chi connectivity index (χ3v) is 6.60. The molecule has 1 saturated heterocycles. The summed E-state index contributed by atoms with van der Waals surface area (Å²) in [6, 6.07) is 13.4. The van der Waals surface area contributed by atoms with Crippen LogP contribution in [-0.2, 0) is 16.6 Å². The molecular formula is C22H29N3O3S.